The minimum atomic E-state index is 0.381. The van der Waals surface area contributed by atoms with Crippen LogP contribution < -0.4 is 10.1 Å². The number of hydrogen-bond acceptors (Lipinski definition) is 2. The van der Waals surface area contributed by atoms with Gasteiger partial charge in [-0.15, -0.1) is 0 Å². The topological polar surface area (TPSA) is 21.3 Å². The molecule has 0 aromatic heterocycles. The van der Waals surface area contributed by atoms with E-state index in [0.717, 1.165) is 33.2 Å². The van der Waals surface area contributed by atoms with Crippen molar-refractivity contribution in [3.8, 4) is 5.75 Å². The van der Waals surface area contributed by atoms with Crippen molar-refractivity contribution >= 4 is 39.9 Å². The Bertz CT molecular complexity index is 602. The number of anilines is 1. The van der Waals surface area contributed by atoms with Crippen molar-refractivity contribution < 1.29 is 4.74 Å². The maximum atomic E-state index is 6.22. The van der Waals surface area contributed by atoms with Crippen LogP contribution in [0, 0.1) is 3.57 Å². The highest BCUT2D eigenvalue weighted by Gasteiger charge is 2.23. The average Bonchev–Trinajstić information content (AvgIpc) is 2.81. The van der Waals surface area contributed by atoms with E-state index >= 15 is 0 Å². The molecule has 3 rings (SSSR count). The highest BCUT2D eigenvalue weighted by Crippen LogP contribution is 2.34. The first-order valence-electron chi connectivity index (χ1n) is 6.14. The minimum Gasteiger partial charge on any atom is -0.493 e. The number of benzene rings is 2. The minimum absolute atomic E-state index is 0.381. The van der Waals surface area contributed by atoms with Crippen LogP contribution in [0.5, 0.6) is 5.75 Å². The van der Waals surface area contributed by atoms with Gasteiger partial charge in [0.05, 0.1) is 17.3 Å². The van der Waals surface area contributed by atoms with E-state index in [0.29, 0.717) is 5.92 Å². The molecule has 0 bridgehead atoms. The number of hydrogen-bond donors (Lipinski definition) is 1. The van der Waals surface area contributed by atoms with Gasteiger partial charge in [-0.25, -0.2) is 0 Å². The summed E-state index contributed by atoms with van der Waals surface area (Å²) in [5.41, 5.74) is 2.25. The molecule has 0 spiro atoms. The van der Waals surface area contributed by atoms with Gasteiger partial charge >= 0.3 is 0 Å². The van der Waals surface area contributed by atoms with Crippen molar-refractivity contribution in [2.45, 2.75) is 5.92 Å². The second-order valence-corrected chi connectivity index (χ2v) is 6.20. The molecular formula is C15H13ClINO. The monoisotopic (exact) mass is 385 g/mol. The fourth-order valence-electron chi connectivity index (χ4n) is 2.26. The Morgan fingerprint density at radius 1 is 1.26 bits per heavy atom. The molecule has 1 unspecified atom stereocenters. The molecule has 1 heterocycles. The fraction of sp³-hybridized carbons (Fsp3) is 0.200. The Labute approximate surface area is 131 Å². The number of fused-ring (bicyclic) bond motifs is 1. The maximum Gasteiger partial charge on any atom is 0.122 e. The van der Waals surface area contributed by atoms with Gasteiger partial charge in [0.15, 0.2) is 0 Å². The number of para-hydroxylation sites is 1. The van der Waals surface area contributed by atoms with E-state index < -0.39 is 0 Å². The lowest BCUT2D eigenvalue weighted by Gasteiger charge is -2.13. The second-order valence-electron chi connectivity index (χ2n) is 4.55. The third kappa shape index (κ3) is 2.82. The zero-order valence-corrected chi connectivity index (χ0v) is 13.1. The normalized spacial score (nSPS) is 16.8. The van der Waals surface area contributed by atoms with Crippen LogP contribution in [-0.2, 0) is 0 Å². The summed E-state index contributed by atoms with van der Waals surface area (Å²) in [5, 5.41) is 4.17. The van der Waals surface area contributed by atoms with Gasteiger partial charge in [-0.05, 0) is 46.9 Å². The summed E-state index contributed by atoms with van der Waals surface area (Å²) < 4.78 is 6.82. The van der Waals surface area contributed by atoms with Gasteiger partial charge in [0.25, 0.3) is 0 Å². The fourth-order valence-corrected chi connectivity index (χ4v) is 3.19. The molecule has 0 aliphatic carbocycles. The van der Waals surface area contributed by atoms with E-state index in [1.807, 2.05) is 30.3 Å². The molecule has 0 saturated carbocycles. The number of ether oxygens (including phenoxy) is 1. The van der Waals surface area contributed by atoms with Gasteiger partial charge in [0, 0.05) is 21.6 Å². The van der Waals surface area contributed by atoms with Crippen LogP contribution in [0.3, 0.4) is 0 Å². The summed E-state index contributed by atoms with van der Waals surface area (Å²) in [6, 6.07) is 14.2. The van der Waals surface area contributed by atoms with Crippen LogP contribution in [-0.4, -0.2) is 13.2 Å². The van der Waals surface area contributed by atoms with E-state index in [2.05, 4.69) is 40.0 Å². The standard InChI is InChI=1S/C15H13ClINO/c16-13-7-11(17)5-6-14(13)18-8-10-9-19-15-4-2-1-3-12(10)15/h1-7,10,18H,8-9H2. The van der Waals surface area contributed by atoms with Gasteiger partial charge in [-0.1, -0.05) is 29.8 Å². The van der Waals surface area contributed by atoms with Crippen molar-refractivity contribution in [2.24, 2.45) is 0 Å². The van der Waals surface area contributed by atoms with E-state index in [9.17, 15) is 0 Å². The smallest absolute Gasteiger partial charge is 0.122 e. The quantitative estimate of drug-likeness (QED) is 0.784. The lowest BCUT2D eigenvalue weighted by Crippen LogP contribution is -2.14. The van der Waals surface area contributed by atoms with Crippen molar-refractivity contribution in [2.75, 3.05) is 18.5 Å². The predicted octanol–water partition coefficient (Wildman–Crippen LogP) is 4.53. The van der Waals surface area contributed by atoms with E-state index in [-0.39, 0.29) is 0 Å². The number of rotatable bonds is 3. The Kier molecular flexibility index (Phi) is 3.84. The lowest BCUT2D eigenvalue weighted by atomic mass is 10.0. The van der Waals surface area contributed by atoms with Crippen molar-refractivity contribution in [1.29, 1.82) is 0 Å². The molecule has 0 radical (unpaired) electrons. The summed E-state index contributed by atoms with van der Waals surface area (Å²) in [5.74, 6) is 1.38. The first-order chi connectivity index (χ1) is 9.24. The van der Waals surface area contributed by atoms with Crippen LogP contribution in [0.2, 0.25) is 5.02 Å². The predicted molar refractivity (Wildman–Crippen MR) is 87.3 cm³/mol. The SMILES string of the molecule is Clc1cc(I)ccc1NCC1COc2ccccc21. The van der Waals surface area contributed by atoms with E-state index in [1.165, 1.54) is 5.56 Å². The van der Waals surface area contributed by atoms with E-state index in [1.54, 1.807) is 0 Å². The van der Waals surface area contributed by atoms with Crippen LogP contribution in [0.1, 0.15) is 11.5 Å². The van der Waals surface area contributed by atoms with Crippen molar-refractivity contribution in [1.82, 2.24) is 0 Å². The third-order valence-electron chi connectivity index (χ3n) is 3.27. The summed E-state index contributed by atoms with van der Waals surface area (Å²) in [6.45, 7) is 1.56. The molecule has 1 aliphatic rings. The van der Waals surface area contributed by atoms with Crippen LogP contribution in [0.4, 0.5) is 5.69 Å². The molecule has 2 aromatic carbocycles. The zero-order chi connectivity index (χ0) is 13.2. The highest BCUT2D eigenvalue weighted by molar-refractivity contribution is 14.1. The molecule has 0 amide bonds. The van der Waals surface area contributed by atoms with Gasteiger partial charge in [-0.2, -0.15) is 0 Å². The summed E-state index contributed by atoms with van der Waals surface area (Å²) in [6.07, 6.45) is 0. The molecule has 2 aromatic rings. The first kappa shape index (κ1) is 13.1. The van der Waals surface area contributed by atoms with Crippen LogP contribution in [0.15, 0.2) is 42.5 Å². The molecular weight excluding hydrogens is 373 g/mol. The van der Waals surface area contributed by atoms with Gasteiger partial charge in [0.2, 0.25) is 0 Å². The molecule has 19 heavy (non-hydrogen) atoms. The lowest BCUT2D eigenvalue weighted by molar-refractivity contribution is 0.334. The second kappa shape index (κ2) is 5.59. The van der Waals surface area contributed by atoms with Gasteiger partial charge < -0.3 is 10.1 Å². The third-order valence-corrected chi connectivity index (χ3v) is 4.25. The van der Waals surface area contributed by atoms with Crippen molar-refractivity contribution in [3.05, 3.63) is 56.6 Å². The summed E-state index contributed by atoms with van der Waals surface area (Å²) >= 11 is 8.47. The molecule has 1 N–H and O–H groups in total. The number of nitrogens with one attached hydrogen (secondary N) is 1. The largest absolute Gasteiger partial charge is 0.493 e. The Morgan fingerprint density at radius 2 is 2.11 bits per heavy atom. The van der Waals surface area contributed by atoms with Crippen molar-refractivity contribution in [3.63, 3.8) is 0 Å². The van der Waals surface area contributed by atoms with Crippen LogP contribution in [0.25, 0.3) is 0 Å². The molecule has 1 aliphatic heterocycles. The summed E-state index contributed by atoms with van der Waals surface area (Å²) in [7, 11) is 0. The first-order valence-corrected chi connectivity index (χ1v) is 7.60. The van der Waals surface area contributed by atoms with E-state index in [4.69, 9.17) is 16.3 Å². The highest BCUT2D eigenvalue weighted by atomic mass is 127. The average molecular weight is 386 g/mol. The summed E-state index contributed by atoms with van der Waals surface area (Å²) in [4.78, 5) is 0. The Balaban J connectivity index is 1.71. The number of halogens is 2. The molecule has 0 fully saturated rings. The molecule has 2 nitrogen and oxygen atoms in total. The Morgan fingerprint density at radius 3 is 2.95 bits per heavy atom. The molecule has 4 heteroatoms. The van der Waals surface area contributed by atoms with Gasteiger partial charge in [0.1, 0.15) is 5.75 Å². The molecule has 1 atom stereocenters. The van der Waals surface area contributed by atoms with Gasteiger partial charge in [-0.3, -0.25) is 0 Å². The maximum absolute atomic E-state index is 6.22. The molecule has 98 valence electrons. The Hall–Kier alpha value is -0.940. The van der Waals surface area contributed by atoms with Crippen LogP contribution >= 0.6 is 34.2 Å². The zero-order valence-electron chi connectivity index (χ0n) is 10.2. The molecule has 0 saturated heterocycles.